The van der Waals surface area contributed by atoms with Gasteiger partial charge in [0, 0.05) is 50.6 Å². The highest BCUT2D eigenvalue weighted by Gasteiger charge is 2.47. The smallest absolute Gasteiger partial charge is 0.254 e. The van der Waals surface area contributed by atoms with Crippen molar-refractivity contribution in [1.82, 2.24) is 36.8 Å². The molecule has 5 aliphatic rings. The summed E-state index contributed by atoms with van der Waals surface area (Å²) < 4.78 is 5.79. The number of carbonyl (C=O) groups excluding carboxylic acids is 2. The Morgan fingerprint density at radius 2 is 1.86 bits per heavy atom. The summed E-state index contributed by atoms with van der Waals surface area (Å²) in [5, 5.41) is 20.4. The fourth-order valence-corrected chi connectivity index (χ4v) is 8.16. The molecule has 5 aliphatic heterocycles. The molecule has 0 aromatic carbocycles. The molecule has 5 rings (SSSR count). The van der Waals surface area contributed by atoms with Gasteiger partial charge in [-0.05, 0) is 51.1 Å². The summed E-state index contributed by atoms with van der Waals surface area (Å²) in [5.74, 6) is 0.547. The summed E-state index contributed by atoms with van der Waals surface area (Å²) >= 11 is 8.19. The van der Waals surface area contributed by atoms with Gasteiger partial charge in [-0.25, -0.2) is 0 Å². The Morgan fingerprint density at radius 1 is 1.06 bits per heavy atom. The molecule has 0 aliphatic carbocycles. The quantitative estimate of drug-likeness (QED) is 0.197. The zero-order chi connectivity index (χ0) is 24.5. The van der Waals surface area contributed by atoms with Crippen molar-refractivity contribution in [2.45, 2.75) is 66.8 Å². The van der Waals surface area contributed by atoms with Crippen LogP contribution in [-0.2, 0) is 14.3 Å². The summed E-state index contributed by atoms with van der Waals surface area (Å²) in [6, 6.07) is 0.553. The van der Waals surface area contributed by atoms with Crippen LogP contribution in [0.4, 0.5) is 0 Å². The van der Waals surface area contributed by atoms with E-state index in [2.05, 4.69) is 38.8 Å². The number of amides is 2. The van der Waals surface area contributed by atoms with Crippen LogP contribution in [0.3, 0.4) is 0 Å². The van der Waals surface area contributed by atoms with E-state index in [1.807, 2.05) is 4.90 Å². The molecular weight excluding hydrogens is 490 g/mol. The van der Waals surface area contributed by atoms with E-state index in [4.69, 9.17) is 16.3 Å². The zero-order valence-electron chi connectivity index (χ0n) is 20.6. The zero-order valence-corrected chi connectivity index (χ0v) is 22.2. The van der Waals surface area contributed by atoms with Crippen LogP contribution < -0.4 is 31.9 Å². The van der Waals surface area contributed by atoms with Crippen LogP contribution in [0.15, 0.2) is 0 Å². The van der Waals surface area contributed by atoms with E-state index >= 15 is 0 Å². The molecule has 10 nitrogen and oxygen atoms in total. The third-order valence-corrected chi connectivity index (χ3v) is 10.0. The van der Waals surface area contributed by atoms with Crippen molar-refractivity contribution < 1.29 is 14.3 Å². The minimum atomic E-state index is -0.278. The number of ether oxygens (including phenoxy) is 1. The van der Waals surface area contributed by atoms with Crippen molar-refractivity contribution in [3.63, 3.8) is 0 Å². The molecule has 9 unspecified atom stereocenters. The number of methoxy groups -OCH3 is 1. The number of fused-ring (bicyclic) bond motifs is 1. The molecule has 5 saturated heterocycles. The van der Waals surface area contributed by atoms with Gasteiger partial charge >= 0.3 is 0 Å². The second kappa shape index (κ2) is 11.4. The lowest BCUT2D eigenvalue weighted by Gasteiger charge is -2.45. The van der Waals surface area contributed by atoms with Crippen molar-refractivity contribution in [2.24, 2.45) is 17.8 Å². The van der Waals surface area contributed by atoms with Gasteiger partial charge in [0.05, 0.1) is 17.5 Å². The number of rotatable bonds is 5. The fraction of sp³-hybridized carbons (Fsp3) is 0.913. The SMILES string of the molecule is COC1CNC(Cl)CC1C1CC(C)NCC1C(=O)NC1NC2CN(C(=O)C3NCCCN3)CC2S1. The van der Waals surface area contributed by atoms with Crippen LogP contribution in [0.1, 0.15) is 26.2 Å². The molecule has 0 bridgehead atoms. The average Bonchev–Trinajstić information content (AvgIpc) is 3.42. The molecule has 0 saturated carbocycles. The van der Waals surface area contributed by atoms with Crippen molar-refractivity contribution in [3.05, 3.63) is 0 Å². The van der Waals surface area contributed by atoms with Gasteiger partial charge in [0.25, 0.3) is 5.91 Å². The summed E-state index contributed by atoms with van der Waals surface area (Å²) in [5.41, 5.74) is -0.218. The number of alkyl halides is 1. The van der Waals surface area contributed by atoms with E-state index in [1.165, 1.54) is 0 Å². The molecular formula is C23H40ClN7O3S. The first-order valence-corrected chi connectivity index (χ1v) is 14.4. The van der Waals surface area contributed by atoms with E-state index in [1.54, 1.807) is 18.9 Å². The first-order valence-electron chi connectivity index (χ1n) is 13.0. The number of likely N-dealkylation sites (tertiary alicyclic amines) is 1. The Hall–Kier alpha value is -0.660. The van der Waals surface area contributed by atoms with Crippen molar-refractivity contribution in [3.8, 4) is 0 Å². The predicted octanol–water partition coefficient (Wildman–Crippen LogP) is -0.985. The molecule has 0 radical (unpaired) electrons. The maximum Gasteiger partial charge on any atom is 0.254 e. The molecule has 5 fully saturated rings. The number of carbonyl (C=O) groups is 2. The van der Waals surface area contributed by atoms with Crippen LogP contribution >= 0.6 is 23.4 Å². The molecule has 0 aromatic rings. The normalized spacial score (nSPS) is 42.6. The number of hydrogen-bond acceptors (Lipinski definition) is 9. The van der Waals surface area contributed by atoms with Crippen LogP contribution in [0.2, 0.25) is 0 Å². The van der Waals surface area contributed by atoms with E-state index in [9.17, 15) is 9.59 Å². The standard InChI is InChI=1S/C23H40ClN7O3S/c1-12-6-13(14-7-19(24)28-9-17(14)34-2)15(8-27-12)21(32)30-23-29-16-10-31(11-18(16)35-23)22(33)20-25-4-3-5-26-20/h12-20,23,25-29H,3-11H2,1-2H3,(H,30,32). The Bertz CT molecular complexity index is 761. The number of nitrogens with one attached hydrogen (secondary N) is 6. The second-order valence-electron chi connectivity index (χ2n) is 10.6. The summed E-state index contributed by atoms with van der Waals surface area (Å²) in [6.45, 7) is 6.69. The molecule has 198 valence electrons. The Labute approximate surface area is 217 Å². The highest BCUT2D eigenvalue weighted by Crippen LogP contribution is 2.38. The number of nitrogens with zero attached hydrogens (tertiary/aromatic N) is 1. The predicted molar refractivity (Wildman–Crippen MR) is 137 cm³/mol. The summed E-state index contributed by atoms with van der Waals surface area (Å²) in [6.07, 6.45) is 2.56. The van der Waals surface area contributed by atoms with Gasteiger partial charge in [0.1, 0.15) is 11.7 Å². The number of halogens is 1. The van der Waals surface area contributed by atoms with E-state index in [0.717, 1.165) is 32.4 Å². The molecule has 35 heavy (non-hydrogen) atoms. The summed E-state index contributed by atoms with van der Waals surface area (Å²) in [4.78, 5) is 28.3. The van der Waals surface area contributed by atoms with Crippen LogP contribution in [0.5, 0.6) is 0 Å². The largest absolute Gasteiger partial charge is 0.380 e. The minimum absolute atomic E-state index is 0.0607. The fourth-order valence-electron chi connectivity index (χ4n) is 6.46. The van der Waals surface area contributed by atoms with Gasteiger partial charge in [-0.15, -0.1) is 23.4 Å². The van der Waals surface area contributed by atoms with Crippen LogP contribution in [-0.4, -0.2) is 104 Å². The van der Waals surface area contributed by atoms with Gasteiger partial charge in [-0.1, -0.05) is 0 Å². The molecule has 0 aromatic heterocycles. The second-order valence-corrected chi connectivity index (χ2v) is 12.5. The average molecular weight is 530 g/mol. The molecule has 6 N–H and O–H groups in total. The number of hydrogen-bond donors (Lipinski definition) is 6. The molecule has 2 amide bonds. The van der Waals surface area contributed by atoms with E-state index in [0.29, 0.717) is 32.2 Å². The van der Waals surface area contributed by atoms with Gasteiger partial charge in [0.15, 0.2) is 0 Å². The molecule has 9 atom stereocenters. The Balaban J connectivity index is 1.16. The van der Waals surface area contributed by atoms with Crippen molar-refractivity contribution in [2.75, 3.05) is 46.4 Å². The van der Waals surface area contributed by atoms with Crippen molar-refractivity contribution >= 4 is 35.2 Å². The van der Waals surface area contributed by atoms with Gasteiger partial charge in [-0.2, -0.15) is 0 Å². The topological polar surface area (TPSA) is 119 Å². The Morgan fingerprint density at radius 3 is 2.60 bits per heavy atom. The monoisotopic (exact) mass is 529 g/mol. The van der Waals surface area contributed by atoms with Gasteiger partial charge < -0.3 is 20.3 Å². The summed E-state index contributed by atoms with van der Waals surface area (Å²) in [7, 11) is 1.75. The maximum atomic E-state index is 13.5. The lowest BCUT2D eigenvalue weighted by atomic mass is 9.70. The van der Waals surface area contributed by atoms with Crippen molar-refractivity contribution in [1.29, 1.82) is 0 Å². The number of piperidine rings is 2. The minimum Gasteiger partial charge on any atom is -0.380 e. The lowest BCUT2D eigenvalue weighted by molar-refractivity contribution is -0.134. The first-order chi connectivity index (χ1) is 16.9. The molecule has 5 heterocycles. The maximum absolute atomic E-state index is 13.5. The van der Waals surface area contributed by atoms with Gasteiger partial charge in [0.2, 0.25) is 5.91 Å². The third-order valence-electron chi connectivity index (χ3n) is 8.34. The highest BCUT2D eigenvalue weighted by molar-refractivity contribution is 8.00. The molecule has 0 spiro atoms. The Kier molecular flexibility index (Phi) is 8.45. The highest BCUT2D eigenvalue weighted by atomic mass is 35.5. The van der Waals surface area contributed by atoms with E-state index in [-0.39, 0.29) is 64.1 Å². The van der Waals surface area contributed by atoms with Gasteiger partial charge in [-0.3, -0.25) is 30.9 Å². The third kappa shape index (κ3) is 5.77. The first kappa shape index (κ1) is 26.0. The van der Waals surface area contributed by atoms with Crippen LogP contribution in [0.25, 0.3) is 0 Å². The van der Waals surface area contributed by atoms with Crippen LogP contribution in [0, 0.1) is 17.8 Å². The van der Waals surface area contributed by atoms with E-state index < -0.39 is 0 Å². The number of thioether (sulfide) groups is 1. The molecule has 12 heteroatoms. The lowest BCUT2D eigenvalue weighted by Crippen LogP contribution is -2.58.